The third kappa shape index (κ3) is 7.65. The maximum atomic E-state index is 12.5. The second-order valence-electron chi connectivity index (χ2n) is 6.12. The van der Waals surface area contributed by atoms with Crippen LogP contribution >= 0.6 is 0 Å². The van der Waals surface area contributed by atoms with Crippen molar-refractivity contribution >= 4 is 15.8 Å². The molecule has 0 aliphatic rings. The Balaban J connectivity index is 2.07. The molecule has 0 heterocycles. The fraction of sp³-hybridized carbons (Fsp3) is 0.316. The molecule has 6 nitrogen and oxygen atoms in total. The van der Waals surface area contributed by atoms with Gasteiger partial charge in [0.2, 0.25) is 0 Å². The van der Waals surface area contributed by atoms with Crippen LogP contribution in [-0.4, -0.2) is 33.5 Å². The lowest BCUT2D eigenvalue weighted by Crippen LogP contribution is -2.37. The van der Waals surface area contributed by atoms with Gasteiger partial charge in [-0.25, -0.2) is 13.4 Å². The molecule has 0 spiro atoms. The van der Waals surface area contributed by atoms with E-state index in [1.54, 1.807) is 18.2 Å². The number of guanidine groups is 1. The van der Waals surface area contributed by atoms with Gasteiger partial charge in [0.15, 0.2) is 15.8 Å². The molecule has 0 unspecified atom stereocenters. The molecule has 0 aliphatic heterocycles. The highest BCUT2D eigenvalue weighted by Gasteiger charge is 2.31. The van der Waals surface area contributed by atoms with Crippen LogP contribution in [0.3, 0.4) is 0 Å². The minimum absolute atomic E-state index is 0.0745. The SMILES string of the molecule is CCNC(=NCc1ccc(S(C)(=O)=O)cc1)NCc1ccccc1OC(F)(F)F. The Hall–Kier alpha value is -2.75. The highest BCUT2D eigenvalue weighted by Crippen LogP contribution is 2.26. The molecule has 0 fully saturated rings. The number of nitrogens with one attached hydrogen (secondary N) is 2. The van der Waals surface area contributed by atoms with Gasteiger partial charge in [0.05, 0.1) is 11.4 Å². The highest BCUT2D eigenvalue weighted by molar-refractivity contribution is 7.90. The molecular weight excluding hydrogens is 407 g/mol. The van der Waals surface area contributed by atoms with Gasteiger partial charge in [-0.3, -0.25) is 0 Å². The van der Waals surface area contributed by atoms with Crippen molar-refractivity contribution in [3.63, 3.8) is 0 Å². The minimum Gasteiger partial charge on any atom is -0.405 e. The van der Waals surface area contributed by atoms with Crippen molar-refractivity contribution in [3.8, 4) is 5.75 Å². The van der Waals surface area contributed by atoms with Crippen LogP contribution in [0, 0.1) is 0 Å². The van der Waals surface area contributed by atoms with Gasteiger partial charge in [0.25, 0.3) is 0 Å². The maximum Gasteiger partial charge on any atom is 0.573 e. The van der Waals surface area contributed by atoms with E-state index in [1.165, 1.54) is 30.3 Å². The number of halogens is 3. The Morgan fingerprint density at radius 3 is 2.31 bits per heavy atom. The van der Waals surface area contributed by atoms with E-state index in [0.29, 0.717) is 18.1 Å². The molecule has 0 aliphatic carbocycles. The number of para-hydroxylation sites is 1. The standard InChI is InChI=1S/C19H22F3N3O3S/c1-3-23-18(24-12-14-8-10-16(11-9-14)29(2,26)27)25-13-15-6-4-5-7-17(15)28-19(20,21)22/h4-11H,3,12-13H2,1-2H3,(H2,23,24,25). The summed E-state index contributed by atoms with van der Waals surface area (Å²) in [5.41, 5.74) is 1.11. The Kier molecular flexibility index (Phi) is 7.49. The fourth-order valence-corrected chi connectivity index (χ4v) is 3.04. The number of rotatable bonds is 7. The average molecular weight is 429 g/mol. The molecular formula is C19H22F3N3O3S. The van der Waals surface area contributed by atoms with Crippen LogP contribution in [0.25, 0.3) is 0 Å². The van der Waals surface area contributed by atoms with Gasteiger partial charge in [-0.05, 0) is 30.7 Å². The fourth-order valence-electron chi connectivity index (χ4n) is 2.41. The first kappa shape index (κ1) is 22.5. The summed E-state index contributed by atoms with van der Waals surface area (Å²) in [6, 6.07) is 12.2. The van der Waals surface area contributed by atoms with E-state index in [-0.39, 0.29) is 23.7 Å². The third-order valence-corrected chi connectivity index (χ3v) is 4.89. The van der Waals surface area contributed by atoms with Crippen molar-refractivity contribution in [2.75, 3.05) is 12.8 Å². The first-order valence-corrected chi connectivity index (χ1v) is 10.6. The number of hydrogen-bond acceptors (Lipinski definition) is 4. The first-order valence-electron chi connectivity index (χ1n) is 8.73. The third-order valence-electron chi connectivity index (χ3n) is 3.76. The van der Waals surface area contributed by atoms with E-state index in [9.17, 15) is 21.6 Å². The van der Waals surface area contributed by atoms with Crippen LogP contribution in [0.15, 0.2) is 58.4 Å². The number of ether oxygens (including phenoxy) is 1. The summed E-state index contributed by atoms with van der Waals surface area (Å²) in [6.07, 6.45) is -3.64. The van der Waals surface area contributed by atoms with Crippen LogP contribution in [-0.2, 0) is 22.9 Å². The molecule has 10 heteroatoms. The molecule has 0 atom stereocenters. The lowest BCUT2D eigenvalue weighted by Gasteiger charge is -2.15. The van der Waals surface area contributed by atoms with E-state index in [0.717, 1.165) is 11.8 Å². The molecule has 0 bridgehead atoms. The highest BCUT2D eigenvalue weighted by atomic mass is 32.2. The second-order valence-corrected chi connectivity index (χ2v) is 8.14. The van der Waals surface area contributed by atoms with Crippen molar-refractivity contribution in [2.45, 2.75) is 31.3 Å². The smallest absolute Gasteiger partial charge is 0.405 e. The molecule has 158 valence electrons. The summed E-state index contributed by atoms with van der Waals surface area (Å²) in [7, 11) is -3.27. The lowest BCUT2D eigenvalue weighted by molar-refractivity contribution is -0.274. The Morgan fingerprint density at radius 1 is 1.07 bits per heavy atom. The Morgan fingerprint density at radius 2 is 1.72 bits per heavy atom. The van der Waals surface area contributed by atoms with Crippen molar-refractivity contribution in [1.82, 2.24) is 10.6 Å². The molecule has 0 saturated carbocycles. The molecule has 29 heavy (non-hydrogen) atoms. The topological polar surface area (TPSA) is 79.8 Å². The molecule has 2 N–H and O–H groups in total. The monoisotopic (exact) mass is 429 g/mol. The summed E-state index contributed by atoms with van der Waals surface area (Å²) in [5.74, 6) is 0.126. The number of benzene rings is 2. The first-order chi connectivity index (χ1) is 13.6. The molecule has 0 radical (unpaired) electrons. The number of sulfone groups is 1. The zero-order valence-electron chi connectivity index (χ0n) is 16.0. The van der Waals surface area contributed by atoms with E-state index >= 15 is 0 Å². The number of hydrogen-bond donors (Lipinski definition) is 2. The quantitative estimate of drug-likeness (QED) is 0.522. The summed E-state index contributed by atoms with van der Waals surface area (Å²) >= 11 is 0. The van der Waals surface area contributed by atoms with Crippen LogP contribution in [0.1, 0.15) is 18.1 Å². The Labute approximate surface area is 167 Å². The molecule has 2 rings (SSSR count). The van der Waals surface area contributed by atoms with Gasteiger partial charge in [0, 0.05) is 24.9 Å². The van der Waals surface area contributed by atoms with Gasteiger partial charge in [0.1, 0.15) is 5.75 Å². The van der Waals surface area contributed by atoms with Crippen molar-refractivity contribution in [1.29, 1.82) is 0 Å². The lowest BCUT2D eigenvalue weighted by atomic mass is 10.2. The van der Waals surface area contributed by atoms with Crippen LogP contribution < -0.4 is 15.4 Å². The average Bonchev–Trinajstić information content (AvgIpc) is 2.63. The zero-order chi connectivity index (χ0) is 21.5. The van der Waals surface area contributed by atoms with Gasteiger partial charge in [-0.1, -0.05) is 30.3 Å². The summed E-state index contributed by atoms with van der Waals surface area (Å²) in [5, 5.41) is 5.97. The van der Waals surface area contributed by atoms with Crippen molar-refractivity contribution in [2.24, 2.45) is 4.99 Å². The van der Waals surface area contributed by atoms with E-state index in [1.807, 2.05) is 6.92 Å². The van der Waals surface area contributed by atoms with E-state index < -0.39 is 16.2 Å². The van der Waals surface area contributed by atoms with Gasteiger partial charge in [-0.2, -0.15) is 0 Å². The summed E-state index contributed by atoms with van der Waals surface area (Å²) in [6.45, 7) is 2.75. The number of aliphatic imine (C=N–C) groups is 1. The number of alkyl halides is 3. The molecule has 0 aromatic heterocycles. The van der Waals surface area contributed by atoms with Crippen LogP contribution in [0.5, 0.6) is 5.75 Å². The Bertz CT molecular complexity index is 943. The predicted octanol–water partition coefficient (Wildman–Crippen LogP) is 3.24. The van der Waals surface area contributed by atoms with Crippen molar-refractivity contribution in [3.05, 3.63) is 59.7 Å². The largest absolute Gasteiger partial charge is 0.573 e. The molecule has 0 amide bonds. The summed E-state index contributed by atoms with van der Waals surface area (Å²) in [4.78, 5) is 4.60. The van der Waals surface area contributed by atoms with Gasteiger partial charge in [-0.15, -0.1) is 13.2 Å². The second kappa shape index (κ2) is 9.64. The molecule has 0 saturated heterocycles. The minimum atomic E-state index is -4.77. The predicted molar refractivity (Wildman–Crippen MR) is 104 cm³/mol. The van der Waals surface area contributed by atoms with Gasteiger partial charge < -0.3 is 15.4 Å². The normalized spacial score (nSPS) is 12.5. The van der Waals surface area contributed by atoms with Gasteiger partial charge >= 0.3 is 6.36 Å². The van der Waals surface area contributed by atoms with Crippen LogP contribution in [0.4, 0.5) is 13.2 Å². The molecule has 2 aromatic rings. The summed E-state index contributed by atoms with van der Waals surface area (Å²) < 4.78 is 64.7. The van der Waals surface area contributed by atoms with Crippen LogP contribution in [0.2, 0.25) is 0 Å². The zero-order valence-corrected chi connectivity index (χ0v) is 16.8. The molecule has 2 aromatic carbocycles. The van der Waals surface area contributed by atoms with E-state index in [4.69, 9.17) is 0 Å². The van der Waals surface area contributed by atoms with E-state index in [2.05, 4.69) is 20.4 Å². The number of nitrogens with zero attached hydrogens (tertiary/aromatic N) is 1. The van der Waals surface area contributed by atoms with Crippen molar-refractivity contribution < 1.29 is 26.3 Å². The maximum absolute atomic E-state index is 12.5.